The number of rotatable bonds is 8. The highest BCUT2D eigenvalue weighted by atomic mass is 16.5. The predicted molar refractivity (Wildman–Crippen MR) is 136 cm³/mol. The lowest BCUT2D eigenvalue weighted by Gasteiger charge is -2.34. The van der Waals surface area contributed by atoms with E-state index in [0.29, 0.717) is 6.61 Å². The van der Waals surface area contributed by atoms with Crippen LogP contribution in [0.4, 0.5) is 0 Å². The van der Waals surface area contributed by atoms with Gasteiger partial charge in [0.25, 0.3) is 0 Å². The molecular weight excluding hydrogens is 460 g/mol. The van der Waals surface area contributed by atoms with Crippen LogP contribution in [-0.4, -0.2) is 65.2 Å². The Bertz CT molecular complexity index is 1090. The average Bonchev–Trinajstić information content (AvgIpc) is 2.90. The summed E-state index contributed by atoms with van der Waals surface area (Å²) in [6.07, 6.45) is 0. The summed E-state index contributed by atoms with van der Waals surface area (Å²) < 4.78 is 11.6. The molecule has 0 radical (unpaired) electrons. The zero-order valence-electron chi connectivity index (χ0n) is 20.4. The van der Waals surface area contributed by atoms with Crippen molar-refractivity contribution in [2.24, 2.45) is 0 Å². The molecule has 0 amide bonds. The number of benzene rings is 3. The van der Waals surface area contributed by atoms with Gasteiger partial charge in [-0.2, -0.15) is 0 Å². The first-order valence-electron chi connectivity index (χ1n) is 11.7. The molecule has 4 rings (SSSR count). The lowest BCUT2D eigenvalue weighted by atomic mass is 10.1. The predicted octanol–water partition coefficient (Wildman–Crippen LogP) is 3.75. The zero-order chi connectivity index (χ0) is 25.8. The van der Waals surface area contributed by atoms with E-state index in [2.05, 4.69) is 64.4 Å². The fourth-order valence-electron chi connectivity index (χ4n) is 3.87. The molecule has 0 bridgehead atoms. The molecule has 3 aromatic rings. The zero-order valence-corrected chi connectivity index (χ0v) is 20.4. The second-order valence-electron chi connectivity index (χ2n) is 8.41. The van der Waals surface area contributed by atoms with E-state index in [1.54, 1.807) is 7.11 Å². The lowest BCUT2D eigenvalue weighted by Crippen LogP contribution is -2.45. The number of methoxy groups -OCH3 is 1. The van der Waals surface area contributed by atoms with Gasteiger partial charge in [-0.25, -0.2) is 9.59 Å². The van der Waals surface area contributed by atoms with Gasteiger partial charge < -0.3 is 19.7 Å². The number of aliphatic carboxylic acids is 2. The molecule has 0 unspecified atom stereocenters. The first-order chi connectivity index (χ1) is 17.4. The highest BCUT2D eigenvalue weighted by Crippen LogP contribution is 2.29. The molecular formula is C28H32N2O6. The molecule has 0 atom stereocenters. The van der Waals surface area contributed by atoms with Crippen molar-refractivity contribution in [2.45, 2.75) is 19.7 Å². The van der Waals surface area contributed by atoms with Gasteiger partial charge in [0.2, 0.25) is 0 Å². The van der Waals surface area contributed by atoms with Crippen LogP contribution in [-0.2, 0) is 29.3 Å². The maximum absolute atomic E-state index is 9.10. The van der Waals surface area contributed by atoms with Crippen molar-refractivity contribution >= 4 is 11.9 Å². The molecule has 36 heavy (non-hydrogen) atoms. The standard InChI is InChI=1S/C26H30N2O2.C2H2O4/c1-29-26-18-24(12-13-25(26)30-21-23-10-6-3-7-11-23)20-28-16-14-27(15-17-28)19-22-8-4-2-5-9-22;3-1(4)2(5)6/h2-13,18H,14-17,19-21H2,1H3;(H,3,4)(H,5,6). The Morgan fingerprint density at radius 1 is 0.694 bits per heavy atom. The van der Waals surface area contributed by atoms with Gasteiger partial charge in [-0.1, -0.05) is 66.7 Å². The Hall–Kier alpha value is -3.88. The second kappa shape index (κ2) is 13.9. The fourth-order valence-corrected chi connectivity index (χ4v) is 3.87. The van der Waals surface area contributed by atoms with Crippen LogP contribution in [0.25, 0.3) is 0 Å². The molecule has 8 nitrogen and oxygen atoms in total. The molecule has 0 saturated carbocycles. The first-order valence-corrected chi connectivity index (χ1v) is 11.7. The summed E-state index contributed by atoms with van der Waals surface area (Å²) >= 11 is 0. The van der Waals surface area contributed by atoms with E-state index in [9.17, 15) is 0 Å². The second-order valence-corrected chi connectivity index (χ2v) is 8.41. The van der Waals surface area contributed by atoms with Gasteiger partial charge in [0, 0.05) is 39.3 Å². The van der Waals surface area contributed by atoms with Crippen molar-refractivity contribution in [3.63, 3.8) is 0 Å². The number of hydrogen-bond acceptors (Lipinski definition) is 6. The van der Waals surface area contributed by atoms with Gasteiger partial charge >= 0.3 is 11.9 Å². The molecule has 1 aliphatic rings. The number of carboxylic acid groups (broad SMARTS) is 2. The van der Waals surface area contributed by atoms with Gasteiger partial charge in [0.15, 0.2) is 11.5 Å². The lowest BCUT2D eigenvalue weighted by molar-refractivity contribution is -0.159. The Labute approximate surface area is 211 Å². The van der Waals surface area contributed by atoms with Crippen molar-refractivity contribution < 1.29 is 29.3 Å². The molecule has 1 fully saturated rings. The van der Waals surface area contributed by atoms with E-state index in [1.807, 2.05) is 24.3 Å². The fraction of sp³-hybridized carbons (Fsp3) is 0.286. The van der Waals surface area contributed by atoms with Crippen molar-refractivity contribution in [3.05, 3.63) is 95.6 Å². The van der Waals surface area contributed by atoms with E-state index in [1.165, 1.54) is 11.1 Å². The Kier molecular flexibility index (Phi) is 10.3. The number of carbonyl (C=O) groups is 2. The van der Waals surface area contributed by atoms with Crippen molar-refractivity contribution in [1.82, 2.24) is 9.80 Å². The molecule has 1 heterocycles. The maximum Gasteiger partial charge on any atom is 0.414 e. The Morgan fingerprint density at radius 3 is 1.69 bits per heavy atom. The van der Waals surface area contributed by atoms with Gasteiger partial charge in [-0.15, -0.1) is 0 Å². The van der Waals surface area contributed by atoms with Crippen molar-refractivity contribution in [2.75, 3.05) is 33.3 Å². The smallest absolute Gasteiger partial charge is 0.414 e. The molecule has 0 aliphatic carbocycles. The summed E-state index contributed by atoms with van der Waals surface area (Å²) in [5.41, 5.74) is 3.80. The van der Waals surface area contributed by atoms with Gasteiger partial charge in [0.05, 0.1) is 7.11 Å². The van der Waals surface area contributed by atoms with E-state index in [0.717, 1.165) is 56.3 Å². The number of carboxylic acids is 2. The topological polar surface area (TPSA) is 99.5 Å². The molecule has 0 aromatic heterocycles. The van der Waals surface area contributed by atoms with Gasteiger partial charge in [-0.05, 0) is 28.8 Å². The van der Waals surface area contributed by atoms with Crippen LogP contribution >= 0.6 is 0 Å². The maximum atomic E-state index is 9.10. The van der Waals surface area contributed by atoms with Crippen LogP contribution in [0.15, 0.2) is 78.9 Å². The summed E-state index contributed by atoms with van der Waals surface area (Å²) in [6.45, 7) is 6.89. The number of hydrogen-bond donors (Lipinski definition) is 2. The largest absolute Gasteiger partial charge is 0.493 e. The first kappa shape index (κ1) is 26.7. The third-order valence-corrected chi connectivity index (χ3v) is 5.77. The normalized spacial score (nSPS) is 13.8. The highest BCUT2D eigenvalue weighted by Gasteiger charge is 2.18. The minimum absolute atomic E-state index is 0.542. The highest BCUT2D eigenvalue weighted by molar-refractivity contribution is 6.27. The summed E-state index contributed by atoms with van der Waals surface area (Å²) in [5, 5.41) is 14.8. The van der Waals surface area contributed by atoms with Gasteiger partial charge in [-0.3, -0.25) is 9.80 Å². The molecule has 1 saturated heterocycles. The van der Waals surface area contributed by atoms with E-state index >= 15 is 0 Å². The minimum atomic E-state index is -1.82. The quantitative estimate of drug-likeness (QED) is 0.459. The third-order valence-electron chi connectivity index (χ3n) is 5.77. The van der Waals surface area contributed by atoms with Crippen LogP contribution in [0.2, 0.25) is 0 Å². The van der Waals surface area contributed by atoms with Crippen LogP contribution < -0.4 is 9.47 Å². The van der Waals surface area contributed by atoms with E-state index in [4.69, 9.17) is 29.3 Å². The molecule has 190 valence electrons. The molecule has 3 aromatic carbocycles. The average molecular weight is 493 g/mol. The number of piperazine rings is 1. The van der Waals surface area contributed by atoms with Crippen LogP contribution in [0.1, 0.15) is 16.7 Å². The van der Waals surface area contributed by atoms with Crippen LogP contribution in [0, 0.1) is 0 Å². The molecule has 8 heteroatoms. The Morgan fingerprint density at radius 2 is 1.19 bits per heavy atom. The summed E-state index contributed by atoms with van der Waals surface area (Å²) in [5.74, 6) is -2.06. The van der Waals surface area contributed by atoms with E-state index in [-0.39, 0.29) is 0 Å². The molecule has 1 aliphatic heterocycles. The molecule has 2 N–H and O–H groups in total. The van der Waals surface area contributed by atoms with Gasteiger partial charge in [0.1, 0.15) is 6.61 Å². The van der Waals surface area contributed by atoms with Crippen LogP contribution in [0.5, 0.6) is 11.5 Å². The SMILES string of the molecule is COc1cc(CN2CCN(Cc3ccccc3)CC2)ccc1OCc1ccccc1.O=C(O)C(=O)O. The van der Waals surface area contributed by atoms with Crippen molar-refractivity contribution in [3.8, 4) is 11.5 Å². The summed E-state index contributed by atoms with van der Waals surface area (Å²) in [7, 11) is 1.71. The number of ether oxygens (including phenoxy) is 2. The summed E-state index contributed by atoms with van der Waals surface area (Å²) in [6, 6.07) is 27.2. The van der Waals surface area contributed by atoms with Crippen LogP contribution in [0.3, 0.4) is 0 Å². The van der Waals surface area contributed by atoms with Crippen molar-refractivity contribution in [1.29, 1.82) is 0 Å². The monoisotopic (exact) mass is 492 g/mol. The Balaban J connectivity index is 0.000000538. The molecule has 0 spiro atoms. The third kappa shape index (κ3) is 8.72. The van der Waals surface area contributed by atoms with E-state index < -0.39 is 11.9 Å². The minimum Gasteiger partial charge on any atom is -0.493 e. The number of nitrogens with zero attached hydrogens (tertiary/aromatic N) is 2. The summed E-state index contributed by atoms with van der Waals surface area (Å²) in [4.78, 5) is 23.2.